The zero-order valence-corrected chi connectivity index (χ0v) is 15.1. The van der Waals surface area contributed by atoms with Crippen LogP contribution in [0, 0.1) is 13.8 Å². The van der Waals surface area contributed by atoms with Crippen molar-refractivity contribution in [3.8, 4) is 11.5 Å². The molecule has 0 saturated carbocycles. The number of aryl methyl sites for hydroxylation is 2. The topological polar surface area (TPSA) is 44.6 Å². The molecule has 2 aromatic carbocycles. The molecule has 0 aliphatic heterocycles. The van der Waals surface area contributed by atoms with Crippen LogP contribution >= 0.6 is 0 Å². The van der Waals surface area contributed by atoms with E-state index >= 15 is 0 Å². The Morgan fingerprint density at radius 3 is 2.26 bits per heavy atom. The summed E-state index contributed by atoms with van der Waals surface area (Å²) < 4.78 is 21.8. The first-order valence-corrected chi connectivity index (χ1v) is 8.68. The van der Waals surface area contributed by atoms with Crippen LogP contribution in [-0.2, 0) is 11.4 Å². The average Bonchev–Trinajstić information content (AvgIpc) is 2.48. The van der Waals surface area contributed by atoms with Gasteiger partial charge in [0, 0.05) is 5.56 Å². The van der Waals surface area contributed by atoms with E-state index in [-0.39, 0.29) is 4.75 Å². The van der Waals surface area contributed by atoms with Gasteiger partial charge in [0.1, 0.15) is 27.6 Å². The van der Waals surface area contributed by atoms with Gasteiger partial charge in [-0.2, -0.15) is 0 Å². The number of benzene rings is 2. The highest BCUT2D eigenvalue weighted by Gasteiger charge is 2.25. The lowest BCUT2D eigenvalue weighted by atomic mass is 10.1. The zero-order valence-electron chi connectivity index (χ0n) is 14.3. The van der Waals surface area contributed by atoms with Gasteiger partial charge in [-0.15, -0.1) is 0 Å². The van der Waals surface area contributed by atoms with E-state index < -0.39 is 11.4 Å². The van der Waals surface area contributed by atoms with E-state index in [1.165, 1.54) is 0 Å². The Balaban J connectivity index is 2.19. The highest BCUT2D eigenvalue weighted by molar-refractivity contribution is 7.91. The van der Waals surface area contributed by atoms with Crippen molar-refractivity contribution in [3.05, 3.63) is 59.2 Å². The summed E-state index contributed by atoms with van der Waals surface area (Å²) in [5.74, 6) is 1.62. The molecule has 0 N–H and O–H groups in total. The van der Waals surface area contributed by atoms with E-state index in [4.69, 9.17) is 4.74 Å². The highest BCUT2D eigenvalue weighted by atomic mass is 32.2. The van der Waals surface area contributed by atoms with E-state index in [1.807, 2.05) is 77.1 Å². The van der Waals surface area contributed by atoms with E-state index in [2.05, 4.69) is 4.40 Å². The minimum atomic E-state index is -1.26. The van der Waals surface area contributed by atoms with Crippen molar-refractivity contribution in [2.75, 3.05) is 0 Å². The molecule has 0 saturated heterocycles. The number of hydrogen-bond donors (Lipinski definition) is 0. The Morgan fingerprint density at radius 2 is 1.65 bits per heavy atom. The Labute approximate surface area is 141 Å². The Morgan fingerprint density at radius 1 is 1.04 bits per heavy atom. The van der Waals surface area contributed by atoms with Gasteiger partial charge in [0.25, 0.3) is 0 Å². The van der Waals surface area contributed by atoms with Crippen molar-refractivity contribution >= 4 is 17.6 Å². The maximum atomic E-state index is 12.0. The fourth-order valence-corrected chi connectivity index (χ4v) is 2.54. The molecule has 1 atom stereocenters. The molecule has 0 aliphatic rings. The lowest BCUT2D eigenvalue weighted by Crippen LogP contribution is -2.25. The lowest BCUT2D eigenvalue weighted by molar-refractivity contribution is 0.475. The molecule has 0 heterocycles. The van der Waals surface area contributed by atoms with Crippen LogP contribution in [0.25, 0.3) is 0 Å². The molecule has 0 bridgehead atoms. The maximum absolute atomic E-state index is 12.0. The second kappa shape index (κ2) is 7.20. The normalized spacial score (nSPS) is 13.3. The maximum Gasteiger partial charge on any atom is 0.144 e. The van der Waals surface area contributed by atoms with Crippen molar-refractivity contribution in [3.63, 3.8) is 0 Å². The van der Waals surface area contributed by atoms with Gasteiger partial charge in [-0.25, -0.2) is 0 Å². The molecule has 0 amide bonds. The fraction of sp³-hybridized carbons (Fsp3) is 0.316. The van der Waals surface area contributed by atoms with E-state index in [0.29, 0.717) is 0 Å². The second-order valence-electron chi connectivity index (χ2n) is 6.49. The van der Waals surface area contributed by atoms with Gasteiger partial charge in [0.15, 0.2) is 0 Å². The van der Waals surface area contributed by atoms with Crippen LogP contribution in [0.1, 0.15) is 37.5 Å². The molecule has 2 aromatic rings. The molecule has 0 spiro atoms. The van der Waals surface area contributed by atoms with Gasteiger partial charge >= 0.3 is 0 Å². The molecule has 122 valence electrons. The van der Waals surface area contributed by atoms with Crippen LogP contribution in [0.4, 0.5) is 0 Å². The summed E-state index contributed by atoms with van der Waals surface area (Å²) in [6.07, 6.45) is 1.64. The second-order valence-corrected chi connectivity index (χ2v) is 8.43. The highest BCUT2D eigenvalue weighted by Crippen LogP contribution is 2.28. The van der Waals surface area contributed by atoms with Crippen molar-refractivity contribution in [1.29, 1.82) is 0 Å². The third kappa shape index (κ3) is 4.85. The summed E-state index contributed by atoms with van der Waals surface area (Å²) in [5, 5.41) is 0. The smallest absolute Gasteiger partial charge is 0.144 e. The van der Waals surface area contributed by atoms with Crippen LogP contribution in [0.5, 0.6) is 11.5 Å². The molecule has 4 heteroatoms. The van der Waals surface area contributed by atoms with E-state index in [1.54, 1.807) is 6.21 Å². The summed E-state index contributed by atoms with van der Waals surface area (Å²) in [7, 11) is 0. The summed E-state index contributed by atoms with van der Waals surface area (Å²) in [6.45, 7) is 9.77. The largest absolute Gasteiger partial charge is 0.591 e. The van der Waals surface area contributed by atoms with E-state index in [9.17, 15) is 4.55 Å². The number of para-hydroxylation sites is 1. The van der Waals surface area contributed by atoms with Gasteiger partial charge < -0.3 is 9.29 Å². The Hall–Kier alpha value is -1.78. The van der Waals surface area contributed by atoms with Gasteiger partial charge in [-0.1, -0.05) is 34.7 Å². The van der Waals surface area contributed by atoms with Crippen molar-refractivity contribution in [2.45, 2.75) is 39.4 Å². The molecule has 0 fully saturated rings. The van der Waals surface area contributed by atoms with Gasteiger partial charge in [0.2, 0.25) is 0 Å². The lowest BCUT2D eigenvalue weighted by Gasteiger charge is -2.17. The number of hydrogen-bond acceptors (Lipinski definition) is 3. The molecule has 0 aromatic heterocycles. The van der Waals surface area contributed by atoms with E-state index in [0.717, 1.165) is 28.2 Å². The van der Waals surface area contributed by atoms with Gasteiger partial charge in [-0.3, -0.25) is 0 Å². The van der Waals surface area contributed by atoms with Crippen LogP contribution in [0.15, 0.2) is 46.9 Å². The van der Waals surface area contributed by atoms with Crippen molar-refractivity contribution < 1.29 is 9.29 Å². The van der Waals surface area contributed by atoms with Gasteiger partial charge in [-0.05, 0) is 57.9 Å². The fourth-order valence-electron chi connectivity index (χ4n) is 2.00. The van der Waals surface area contributed by atoms with Crippen LogP contribution < -0.4 is 4.74 Å². The first-order chi connectivity index (χ1) is 10.8. The molecular weight excluding hydrogens is 306 g/mol. The number of ether oxygens (including phenoxy) is 1. The SMILES string of the molecule is Cc1cccc(C)c1Oc1cccc(C=N[S+]([O-])C(C)(C)C)c1. The third-order valence-corrected chi connectivity index (χ3v) is 4.65. The van der Waals surface area contributed by atoms with Crippen LogP contribution in [0.2, 0.25) is 0 Å². The molecule has 3 nitrogen and oxygen atoms in total. The Kier molecular flexibility index (Phi) is 5.50. The summed E-state index contributed by atoms with van der Waals surface area (Å²) in [4.78, 5) is 0. The predicted molar refractivity (Wildman–Crippen MR) is 97.9 cm³/mol. The van der Waals surface area contributed by atoms with Crippen LogP contribution in [0.3, 0.4) is 0 Å². The first-order valence-electron chi connectivity index (χ1n) is 7.57. The molecule has 1 unspecified atom stereocenters. The quantitative estimate of drug-likeness (QED) is 0.587. The standard InChI is InChI=1S/C19H23NO2S/c1-14-8-6-9-15(2)18(14)22-17-11-7-10-16(12-17)13-20-23(21)19(3,4)5/h6-13H,1-5H3. The van der Waals surface area contributed by atoms with Crippen molar-refractivity contribution in [1.82, 2.24) is 0 Å². The van der Waals surface area contributed by atoms with Crippen LogP contribution in [-0.4, -0.2) is 15.5 Å². The van der Waals surface area contributed by atoms with Crippen molar-refractivity contribution in [2.24, 2.45) is 4.40 Å². The minimum Gasteiger partial charge on any atom is -0.591 e. The summed E-state index contributed by atoms with van der Waals surface area (Å²) >= 11 is -1.26. The number of nitrogens with zero attached hydrogens (tertiary/aromatic N) is 1. The first kappa shape index (κ1) is 17.6. The summed E-state index contributed by atoms with van der Waals surface area (Å²) in [5.41, 5.74) is 3.06. The number of rotatable bonds is 4. The summed E-state index contributed by atoms with van der Waals surface area (Å²) in [6, 6.07) is 13.7. The predicted octanol–water partition coefficient (Wildman–Crippen LogP) is 4.98. The third-order valence-electron chi connectivity index (χ3n) is 3.31. The molecule has 23 heavy (non-hydrogen) atoms. The zero-order chi connectivity index (χ0) is 17.0. The Bertz CT molecular complexity index is 685. The average molecular weight is 329 g/mol. The van der Waals surface area contributed by atoms with Gasteiger partial charge in [0.05, 0.1) is 6.21 Å². The molecular formula is C19H23NO2S. The molecule has 0 aliphatic carbocycles. The molecule has 0 radical (unpaired) electrons. The minimum absolute atomic E-state index is 0.358. The monoisotopic (exact) mass is 329 g/mol. The molecule has 2 rings (SSSR count).